The molecule has 4 heteroatoms. The molecule has 4 atom stereocenters. The van der Waals surface area contributed by atoms with Crippen molar-refractivity contribution in [2.75, 3.05) is 7.11 Å². The summed E-state index contributed by atoms with van der Waals surface area (Å²) < 4.78 is 5.08. The normalized spacial score (nSPS) is 38.2. The van der Waals surface area contributed by atoms with Gasteiger partial charge in [-0.3, -0.25) is 9.59 Å². The minimum absolute atomic E-state index is 0.00496. The predicted octanol–water partition coefficient (Wildman–Crippen LogP) is 4.67. The molecule has 0 heterocycles. The van der Waals surface area contributed by atoms with E-state index in [0.717, 1.165) is 38.2 Å². The average molecular weight is 358 g/mol. The van der Waals surface area contributed by atoms with E-state index in [9.17, 15) is 14.7 Å². The second-order valence-corrected chi connectivity index (χ2v) is 8.79. The Balaban J connectivity index is 2.03. The summed E-state index contributed by atoms with van der Waals surface area (Å²) in [6.07, 6.45) is 6.95. The van der Waals surface area contributed by atoms with Crippen LogP contribution in [0.5, 0.6) is 0 Å². The molecule has 0 saturated heterocycles. The van der Waals surface area contributed by atoms with Crippen LogP contribution in [0.4, 0.5) is 0 Å². The third-order valence-corrected chi connectivity index (χ3v) is 7.78. The van der Waals surface area contributed by atoms with Gasteiger partial charge in [0.15, 0.2) is 11.5 Å². The molecule has 0 amide bonds. The fraction of sp³-hybridized carbons (Fsp3) is 0.636. The molecule has 0 spiro atoms. The molecule has 3 aliphatic rings. The van der Waals surface area contributed by atoms with Gasteiger partial charge < -0.3 is 9.84 Å². The van der Waals surface area contributed by atoms with Crippen LogP contribution in [0, 0.1) is 22.7 Å². The van der Waals surface area contributed by atoms with Crippen LogP contribution in [0.1, 0.15) is 59.3 Å². The van der Waals surface area contributed by atoms with Crippen molar-refractivity contribution in [1.82, 2.24) is 0 Å². The molecule has 142 valence electrons. The maximum absolute atomic E-state index is 12.8. The maximum Gasteiger partial charge on any atom is 0.227 e. The quantitative estimate of drug-likeness (QED) is 0.588. The largest absolute Gasteiger partial charge is 0.504 e. The number of Topliss-reactive ketones (excluding diaryl/α,β-unsaturated/α-hetero) is 1. The van der Waals surface area contributed by atoms with Gasteiger partial charge >= 0.3 is 0 Å². The molecule has 0 aromatic heterocycles. The van der Waals surface area contributed by atoms with Crippen molar-refractivity contribution in [1.29, 1.82) is 0 Å². The van der Waals surface area contributed by atoms with E-state index in [2.05, 4.69) is 27.4 Å². The zero-order valence-electron chi connectivity index (χ0n) is 16.4. The van der Waals surface area contributed by atoms with E-state index in [1.165, 1.54) is 12.7 Å². The number of methoxy groups -OCH3 is 1. The number of carbonyl (C=O) groups excluding carboxylic acids is 2. The van der Waals surface area contributed by atoms with Crippen LogP contribution in [-0.2, 0) is 14.3 Å². The van der Waals surface area contributed by atoms with Crippen LogP contribution < -0.4 is 0 Å². The Labute approximate surface area is 156 Å². The molecule has 2 saturated carbocycles. The third kappa shape index (κ3) is 2.57. The molecule has 3 rings (SSSR count). The van der Waals surface area contributed by atoms with Gasteiger partial charge in [-0.05, 0) is 61.2 Å². The Hall–Kier alpha value is -1.84. The van der Waals surface area contributed by atoms with Crippen molar-refractivity contribution in [3.05, 3.63) is 35.3 Å². The Morgan fingerprint density at radius 3 is 2.65 bits per heavy atom. The molecule has 0 aromatic carbocycles. The summed E-state index contributed by atoms with van der Waals surface area (Å²) in [5, 5.41) is 10.4. The molecular formula is C22H30O4. The number of ketones is 2. The highest BCUT2D eigenvalue weighted by molar-refractivity contribution is 6.20. The van der Waals surface area contributed by atoms with Gasteiger partial charge in [0.25, 0.3) is 0 Å². The minimum Gasteiger partial charge on any atom is -0.504 e. The van der Waals surface area contributed by atoms with E-state index in [0.29, 0.717) is 18.3 Å². The van der Waals surface area contributed by atoms with Gasteiger partial charge in [0, 0.05) is 11.6 Å². The molecule has 0 bridgehead atoms. The Kier molecular flexibility index (Phi) is 4.66. The van der Waals surface area contributed by atoms with Gasteiger partial charge in [-0.15, -0.1) is 0 Å². The number of ether oxygens (including phenoxy) is 1. The number of rotatable bonds is 3. The average Bonchev–Trinajstić information content (AvgIpc) is 2.59. The van der Waals surface area contributed by atoms with Gasteiger partial charge in [-0.1, -0.05) is 32.9 Å². The van der Waals surface area contributed by atoms with Crippen LogP contribution in [0.2, 0.25) is 0 Å². The topological polar surface area (TPSA) is 63.6 Å². The van der Waals surface area contributed by atoms with Gasteiger partial charge in [-0.2, -0.15) is 0 Å². The van der Waals surface area contributed by atoms with Crippen LogP contribution in [0.15, 0.2) is 35.3 Å². The van der Waals surface area contributed by atoms with Crippen molar-refractivity contribution in [3.63, 3.8) is 0 Å². The standard InChI is InChI=1S/C22H30O4/c1-13-7-6-10-21(3)16(13)9-8-14(2)22(21,4)12-15-19(24)17(23)11-18(26-5)20(15)25/h11,14,16,24H,1,6-10,12H2,2-5H3/t14-,16-,21-,22+/m0/s1. The Morgan fingerprint density at radius 2 is 2.00 bits per heavy atom. The number of hydrogen-bond acceptors (Lipinski definition) is 4. The van der Waals surface area contributed by atoms with Gasteiger partial charge in [-0.25, -0.2) is 0 Å². The molecule has 3 aliphatic carbocycles. The smallest absolute Gasteiger partial charge is 0.227 e. The molecular weight excluding hydrogens is 328 g/mol. The van der Waals surface area contributed by atoms with Crippen molar-refractivity contribution < 1.29 is 19.4 Å². The third-order valence-electron chi connectivity index (χ3n) is 7.78. The molecule has 0 aromatic rings. The lowest BCUT2D eigenvalue weighted by molar-refractivity contribution is -0.121. The second-order valence-electron chi connectivity index (χ2n) is 8.79. The molecule has 0 aliphatic heterocycles. The van der Waals surface area contributed by atoms with Crippen LogP contribution >= 0.6 is 0 Å². The maximum atomic E-state index is 12.8. The highest BCUT2D eigenvalue weighted by atomic mass is 16.5. The molecule has 0 unspecified atom stereocenters. The summed E-state index contributed by atoms with van der Waals surface area (Å²) in [4.78, 5) is 24.9. The van der Waals surface area contributed by atoms with E-state index >= 15 is 0 Å². The first-order valence-electron chi connectivity index (χ1n) is 9.60. The predicted molar refractivity (Wildman–Crippen MR) is 100 cm³/mol. The summed E-state index contributed by atoms with van der Waals surface area (Å²) >= 11 is 0. The lowest BCUT2D eigenvalue weighted by atomic mass is 9.44. The molecule has 1 N–H and O–H groups in total. The number of carbonyl (C=O) groups is 2. The summed E-state index contributed by atoms with van der Waals surface area (Å²) in [6, 6.07) is 0. The first kappa shape index (κ1) is 18.9. The molecule has 0 radical (unpaired) electrons. The zero-order valence-corrected chi connectivity index (χ0v) is 16.4. The fourth-order valence-electron chi connectivity index (χ4n) is 5.70. The van der Waals surface area contributed by atoms with Gasteiger partial charge in [0.1, 0.15) is 0 Å². The van der Waals surface area contributed by atoms with Crippen LogP contribution in [-0.4, -0.2) is 23.8 Å². The number of fused-ring (bicyclic) bond motifs is 1. The molecule has 26 heavy (non-hydrogen) atoms. The van der Waals surface area contributed by atoms with E-state index in [-0.39, 0.29) is 27.9 Å². The number of hydrogen-bond donors (Lipinski definition) is 1. The van der Waals surface area contributed by atoms with Crippen LogP contribution in [0.25, 0.3) is 0 Å². The van der Waals surface area contributed by atoms with Gasteiger partial charge in [0.2, 0.25) is 11.6 Å². The van der Waals surface area contributed by atoms with Crippen molar-refractivity contribution in [2.24, 2.45) is 22.7 Å². The first-order chi connectivity index (χ1) is 12.2. The Morgan fingerprint density at radius 1 is 1.31 bits per heavy atom. The number of aliphatic hydroxyl groups excluding tert-OH is 1. The molecule has 4 nitrogen and oxygen atoms in total. The van der Waals surface area contributed by atoms with E-state index < -0.39 is 11.5 Å². The summed E-state index contributed by atoms with van der Waals surface area (Å²) in [5.74, 6) is -0.479. The molecule has 2 fully saturated rings. The van der Waals surface area contributed by atoms with Crippen molar-refractivity contribution >= 4 is 11.6 Å². The van der Waals surface area contributed by atoms with Crippen molar-refractivity contribution in [3.8, 4) is 0 Å². The summed E-state index contributed by atoms with van der Waals surface area (Å²) in [5.41, 5.74) is 1.33. The van der Waals surface area contributed by atoms with E-state index in [1.807, 2.05) is 0 Å². The highest BCUT2D eigenvalue weighted by Crippen LogP contribution is 2.65. The second kappa shape index (κ2) is 6.40. The van der Waals surface area contributed by atoms with E-state index in [1.54, 1.807) is 0 Å². The lowest BCUT2D eigenvalue weighted by Gasteiger charge is -2.61. The van der Waals surface area contributed by atoms with Gasteiger partial charge in [0.05, 0.1) is 7.11 Å². The van der Waals surface area contributed by atoms with E-state index in [4.69, 9.17) is 4.74 Å². The number of allylic oxidation sites excluding steroid dienone is 3. The monoisotopic (exact) mass is 358 g/mol. The highest BCUT2D eigenvalue weighted by Gasteiger charge is 2.57. The summed E-state index contributed by atoms with van der Waals surface area (Å²) in [7, 11) is 1.38. The van der Waals surface area contributed by atoms with Crippen molar-refractivity contribution in [2.45, 2.75) is 59.3 Å². The number of aliphatic hydroxyl groups is 1. The lowest BCUT2D eigenvalue weighted by Crippen LogP contribution is -2.53. The Bertz CT molecular complexity index is 728. The SMILES string of the molecule is C=C1CCC[C@@]2(C)[C@H]1CC[C@H](C)[C@@]2(C)CC1=C(O)C(=O)C=C(OC)C1=O. The summed E-state index contributed by atoms with van der Waals surface area (Å²) in [6.45, 7) is 11.1. The fourth-order valence-corrected chi connectivity index (χ4v) is 5.70. The first-order valence-corrected chi connectivity index (χ1v) is 9.60. The zero-order chi connectivity index (χ0) is 19.3. The minimum atomic E-state index is -0.543. The van der Waals surface area contributed by atoms with Crippen LogP contribution in [0.3, 0.4) is 0 Å².